The van der Waals surface area contributed by atoms with Gasteiger partial charge >= 0.3 is 5.97 Å². The van der Waals surface area contributed by atoms with Crippen LogP contribution in [0.5, 0.6) is 5.75 Å². The van der Waals surface area contributed by atoms with Gasteiger partial charge in [-0.3, -0.25) is 4.79 Å². The smallest absolute Gasteiger partial charge is 0.349 e. The first kappa shape index (κ1) is 24.0. The van der Waals surface area contributed by atoms with Crippen LogP contribution in [0.25, 0.3) is 6.08 Å². The Morgan fingerprint density at radius 3 is 2.65 bits per heavy atom. The van der Waals surface area contributed by atoms with E-state index < -0.39 is 18.0 Å². The van der Waals surface area contributed by atoms with Crippen molar-refractivity contribution in [2.75, 3.05) is 12.4 Å². The van der Waals surface area contributed by atoms with Crippen LogP contribution in [0.4, 0.5) is 5.69 Å². The lowest BCUT2D eigenvalue weighted by molar-refractivity contribution is -0.148. The number of rotatable bonds is 8. The zero-order valence-electron chi connectivity index (χ0n) is 18.3. The van der Waals surface area contributed by atoms with E-state index in [9.17, 15) is 14.9 Å². The van der Waals surface area contributed by atoms with Gasteiger partial charge in [0.2, 0.25) is 0 Å². The second kappa shape index (κ2) is 10.7. The summed E-state index contributed by atoms with van der Waals surface area (Å²) in [4.78, 5) is 25.0. The number of aryl methyl sites for hydroxylation is 1. The van der Waals surface area contributed by atoms with Crippen molar-refractivity contribution in [3.63, 3.8) is 0 Å². The van der Waals surface area contributed by atoms with Crippen LogP contribution in [-0.2, 0) is 20.9 Å². The van der Waals surface area contributed by atoms with Gasteiger partial charge in [0.1, 0.15) is 17.4 Å². The minimum absolute atomic E-state index is 0.184. The molecule has 0 aliphatic rings. The number of benzene rings is 1. The predicted molar refractivity (Wildman–Crippen MR) is 120 cm³/mol. The number of halogens is 1. The third-order valence-corrected chi connectivity index (χ3v) is 5.01. The zero-order valence-corrected chi connectivity index (χ0v) is 19.0. The van der Waals surface area contributed by atoms with E-state index in [0.29, 0.717) is 16.5 Å². The van der Waals surface area contributed by atoms with Crippen molar-refractivity contribution in [2.24, 2.45) is 0 Å². The average Bonchev–Trinajstić information content (AvgIpc) is 2.99. The highest BCUT2D eigenvalue weighted by Gasteiger charge is 2.22. The van der Waals surface area contributed by atoms with Crippen molar-refractivity contribution in [2.45, 2.75) is 46.8 Å². The molecule has 2 aromatic rings. The number of anilines is 1. The quantitative estimate of drug-likeness (QED) is 0.364. The first-order chi connectivity index (χ1) is 14.7. The lowest BCUT2D eigenvalue weighted by atomic mass is 10.1. The topological polar surface area (TPSA) is 93.4 Å². The highest BCUT2D eigenvalue weighted by Crippen LogP contribution is 2.28. The number of aromatic nitrogens is 1. The van der Waals surface area contributed by atoms with Crippen LogP contribution in [0.2, 0.25) is 5.02 Å². The lowest BCUT2D eigenvalue weighted by Crippen LogP contribution is -2.30. The zero-order chi connectivity index (χ0) is 23.1. The third kappa shape index (κ3) is 5.89. The number of hydrogen-bond donors (Lipinski definition) is 1. The Bertz CT molecular complexity index is 1050. The van der Waals surface area contributed by atoms with Crippen molar-refractivity contribution >= 4 is 35.2 Å². The third-order valence-electron chi connectivity index (χ3n) is 4.77. The second-order valence-corrected chi connectivity index (χ2v) is 7.47. The molecule has 0 aliphatic heterocycles. The first-order valence-electron chi connectivity index (χ1n) is 9.85. The van der Waals surface area contributed by atoms with Crippen molar-refractivity contribution in [1.29, 1.82) is 5.26 Å². The lowest BCUT2D eigenvalue weighted by Gasteiger charge is -2.15. The Hall–Kier alpha value is -3.24. The van der Waals surface area contributed by atoms with Gasteiger partial charge in [0.05, 0.1) is 12.8 Å². The maximum absolute atomic E-state index is 12.5. The van der Waals surface area contributed by atoms with Crippen molar-refractivity contribution in [3.05, 3.63) is 51.8 Å². The molecule has 1 atom stereocenters. The van der Waals surface area contributed by atoms with E-state index in [-0.39, 0.29) is 5.57 Å². The standard InChI is InChI=1S/C23H26ClN3O4/c1-6-9-27-14(2)10-17(15(27)3)11-18(13-25)23(29)31-16(4)22(28)26-20-12-19(24)7-8-21(20)30-5/h7-8,10-12,16H,6,9H2,1-5H3,(H,26,28)/b18-11+. The van der Waals surface area contributed by atoms with Gasteiger partial charge in [0, 0.05) is 23.0 Å². The molecule has 1 aromatic carbocycles. The summed E-state index contributed by atoms with van der Waals surface area (Å²) in [5, 5.41) is 12.5. The van der Waals surface area contributed by atoms with Crippen LogP contribution in [0.1, 0.15) is 37.2 Å². The van der Waals surface area contributed by atoms with Gasteiger partial charge in [-0.05, 0) is 63.1 Å². The van der Waals surface area contributed by atoms with Gasteiger partial charge in [0.15, 0.2) is 6.10 Å². The van der Waals surface area contributed by atoms with Crippen LogP contribution in [-0.4, -0.2) is 29.7 Å². The minimum Gasteiger partial charge on any atom is -0.495 e. The summed E-state index contributed by atoms with van der Waals surface area (Å²) >= 11 is 5.97. The molecule has 1 unspecified atom stereocenters. The summed E-state index contributed by atoms with van der Waals surface area (Å²) in [7, 11) is 1.46. The number of methoxy groups -OCH3 is 1. The fourth-order valence-corrected chi connectivity index (χ4v) is 3.30. The molecule has 1 aromatic heterocycles. The number of hydrogen-bond acceptors (Lipinski definition) is 5. The van der Waals surface area contributed by atoms with Gasteiger partial charge in [-0.1, -0.05) is 18.5 Å². The molecular formula is C23H26ClN3O4. The van der Waals surface area contributed by atoms with E-state index in [2.05, 4.69) is 16.8 Å². The van der Waals surface area contributed by atoms with E-state index >= 15 is 0 Å². The van der Waals surface area contributed by atoms with Crippen molar-refractivity contribution in [1.82, 2.24) is 4.57 Å². The van der Waals surface area contributed by atoms with Gasteiger partial charge in [0.25, 0.3) is 5.91 Å². The largest absolute Gasteiger partial charge is 0.495 e. The number of nitrogens with zero attached hydrogens (tertiary/aromatic N) is 2. The molecule has 0 spiro atoms. The fourth-order valence-electron chi connectivity index (χ4n) is 3.12. The molecule has 0 fully saturated rings. The molecule has 1 amide bonds. The number of carbonyl (C=O) groups is 2. The average molecular weight is 444 g/mol. The number of carbonyl (C=O) groups excluding carboxylic acids is 2. The summed E-state index contributed by atoms with van der Waals surface area (Å²) in [6, 6.07) is 8.54. The van der Waals surface area contributed by atoms with Gasteiger partial charge < -0.3 is 19.4 Å². The summed E-state index contributed by atoms with van der Waals surface area (Å²) < 4.78 is 12.5. The molecule has 0 radical (unpaired) electrons. The Morgan fingerprint density at radius 2 is 2.03 bits per heavy atom. The van der Waals surface area contributed by atoms with Gasteiger partial charge in [-0.15, -0.1) is 0 Å². The van der Waals surface area contributed by atoms with Gasteiger partial charge in [-0.2, -0.15) is 5.26 Å². The number of nitriles is 1. The maximum atomic E-state index is 12.5. The van der Waals surface area contributed by atoms with E-state index in [1.165, 1.54) is 26.2 Å². The molecule has 0 saturated heterocycles. The number of amides is 1. The Kier molecular flexibility index (Phi) is 8.29. The van der Waals surface area contributed by atoms with E-state index in [0.717, 1.165) is 29.9 Å². The fraction of sp³-hybridized carbons (Fsp3) is 0.348. The second-order valence-electron chi connectivity index (χ2n) is 7.03. The molecule has 31 heavy (non-hydrogen) atoms. The maximum Gasteiger partial charge on any atom is 0.349 e. The van der Waals surface area contributed by atoms with Crippen molar-refractivity contribution in [3.8, 4) is 11.8 Å². The van der Waals surface area contributed by atoms with Crippen LogP contribution < -0.4 is 10.1 Å². The summed E-state index contributed by atoms with van der Waals surface area (Å²) in [5.41, 5.74) is 2.93. The number of esters is 1. The van der Waals surface area contributed by atoms with E-state index in [1.807, 2.05) is 26.0 Å². The van der Waals surface area contributed by atoms with Crippen LogP contribution >= 0.6 is 11.6 Å². The molecule has 0 aliphatic carbocycles. The van der Waals surface area contributed by atoms with Crippen LogP contribution in [0.3, 0.4) is 0 Å². The molecule has 1 N–H and O–H groups in total. The molecule has 1 heterocycles. The molecule has 2 rings (SSSR count). The van der Waals surface area contributed by atoms with E-state index in [4.69, 9.17) is 21.1 Å². The molecular weight excluding hydrogens is 418 g/mol. The Morgan fingerprint density at radius 1 is 1.32 bits per heavy atom. The summed E-state index contributed by atoms with van der Waals surface area (Å²) in [6.45, 7) is 8.26. The molecule has 7 nitrogen and oxygen atoms in total. The SMILES string of the molecule is CCCn1c(C)cc(/C=C(\C#N)C(=O)OC(C)C(=O)Nc2cc(Cl)ccc2OC)c1C. The number of nitrogens with one attached hydrogen (secondary N) is 1. The summed E-state index contributed by atoms with van der Waals surface area (Å²) in [5.74, 6) is -1.04. The summed E-state index contributed by atoms with van der Waals surface area (Å²) in [6.07, 6.45) is 1.32. The monoisotopic (exact) mass is 443 g/mol. The van der Waals surface area contributed by atoms with E-state index in [1.54, 1.807) is 12.1 Å². The predicted octanol–water partition coefficient (Wildman–Crippen LogP) is 4.65. The Labute approximate surface area is 187 Å². The number of ether oxygens (including phenoxy) is 2. The highest BCUT2D eigenvalue weighted by atomic mass is 35.5. The molecule has 0 bridgehead atoms. The molecule has 164 valence electrons. The minimum atomic E-state index is -1.14. The van der Waals surface area contributed by atoms with Crippen LogP contribution in [0, 0.1) is 25.2 Å². The Balaban J connectivity index is 2.15. The molecule has 0 saturated carbocycles. The normalized spacial score (nSPS) is 12.1. The first-order valence-corrected chi connectivity index (χ1v) is 10.2. The van der Waals surface area contributed by atoms with Gasteiger partial charge in [-0.25, -0.2) is 4.79 Å². The molecule has 8 heteroatoms. The highest BCUT2D eigenvalue weighted by molar-refractivity contribution is 6.31. The van der Waals surface area contributed by atoms with Crippen LogP contribution in [0.15, 0.2) is 29.8 Å². The van der Waals surface area contributed by atoms with Crippen molar-refractivity contribution < 1.29 is 19.1 Å².